The zero-order valence-electron chi connectivity index (χ0n) is 12.0. The maximum absolute atomic E-state index is 10.6. The van der Waals surface area contributed by atoms with Gasteiger partial charge in [0.15, 0.2) is 0 Å². The van der Waals surface area contributed by atoms with Crippen molar-refractivity contribution in [3.05, 3.63) is 28.8 Å². The molecule has 5 heteroatoms. The minimum Gasteiger partial charge on any atom is -0.491 e. The summed E-state index contributed by atoms with van der Waals surface area (Å²) in [5, 5.41) is 28.8. The molecule has 2 rings (SSSR count). The van der Waals surface area contributed by atoms with Gasteiger partial charge in [-0.1, -0.05) is 12.1 Å². The smallest absolute Gasteiger partial charge is 0.128 e. The molecule has 1 aromatic carbocycles. The van der Waals surface area contributed by atoms with Gasteiger partial charge in [-0.25, -0.2) is 0 Å². The van der Waals surface area contributed by atoms with Crippen molar-refractivity contribution in [2.45, 2.75) is 26.0 Å². The Morgan fingerprint density at radius 2 is 1.85 bits per heavy atom. The van der Waals surface area contributed by atoms with Gasteiger partial charge in [-0.2, -0.15) is 0 Å². The fraction of sp³-hybridized carbons (Fsp3) is 0.600. The molecule has 0 aromatic heterocycles. The highest BCUT2D eigenvalue weighted by molar-refractivity contribution is 5.48. The molecule has 2 unspecified atom stereocenters. The Hall–Kier alpha value is -1.14. The quantitative estimate of drug-likeness (QED) is 0.728. The van der Waals surface area contributed by atoms with Crippen molar-refractivity contribution in [2.75, 3.05) is 32.9 Å². The first-order chi connectivity index (χ1) is 9.60. The molecular weight excluding hydrogens is 258 g/mol. The van der Waals surface area contributed by atoms with Crippen LogP contribution in [-0.2, 0) is 0 Å². The molecule has 1 aliphatic rings. The van der Waals surface area contributed by atoms with E-state index in [1.54, 1.807) is 0 Å². The Morgan fingerprint density at radius 1 is 1.20 bits per heavy atom. The van der Waals surface area contributed by atoms with E-state index in [4.69, 9.17) is 14.9 Å². The van der Waals surface area contributed by atoms with E-state index in [2.05, 4.69) is 0 Å². The highest BCUT2D eigenvalue weighted by Gasteiger charge is 2.34. The van der Waals surface area contributed by atoms with E-state index >= 15 is 0 Å². The van der Waals surface area contributed by atoms with Crippen LogP contribution in [0.2, 0.25) is 0 Å². The van der Waals surface area contributed by atoms with E-state index in [1.165, 1.54) is 0 Å². The maximum Gasteiger partial charge on any atom is 0.128 e. The van der Waals surface area contributed by atoms with Crippen LogP contribution in [0.15, 0.2) is 12.1 Å². The van der Waals surface area contributed by atoms with Crippen LogP contribution in [0.25, 0.3) is 0 Å². The third kappa shape index (κ3) is 2.81. The standard InChI is InChI=1S/C15H23NO4/c1-10-3-4-12-14(19)13(9-20-15(12)11(10)2)16(5-7-17)6-8-18/h3-4,13-14,17-19H,5-9H2,1-2H3. The highest BCUT2D eigenvalue weighted by atomic mass is 16.5. The zero-order chi connectivity index (χ0) is 14.7. The van der Waals surface area contributed by atoms with Crippen molar-refractivity contribution in [2.24, 2.45) is 0 Å². The largest absolute Gasteiger partial charge is 0.491 e. The maximum atomic E-state index is 10.6. The molecule has 0 bridgehead atoms. The van der Waals surface area contributed by atoms with E-state index < -0.39 is 6.10 Å². The first-order valence-corrected chi connectivity index (χ1v) is 6.97. The summed E-state index contributed by atoms with van der Waals surface area (Å²) in [4.78, 5) is 1.86. The SMILES string of the molecule is Cc1ccc2c(c1C)OCC(N(CCO)CCO)C2O. The van der Waals surface area contributed by atoms with Crippen LogP contribution in [0, 0.1) is 13.8 Å². The lowest BCUT2D eigenvalue weighted by molar-refractivity contribution is -0.00891. The number of hydrogen-bond donors (Lipinski definition) is 3. The molecule has 0 saturated carbocycles. The lowest BCUT2D eigenvalue weighted by atomic mass is 9.94. The number of aryl methyl sites for hydroxylation is 1. The molecule has 20 heavy (non-hydrogen) atoms. The summed E-state index contributed by atoms with van der Waals surface area (Å²) in [5.74, 6) is 0.765. The average molecular weight is 281 g/mol. The molecule has 0 aliphatic carbocycles. The molecule has 1 heterocycles. The van der Waals surface area contributed by atoms with Crippen LogP contribution in [0.1, 0.15) is 22.8 Å². The third-order valence-electron chi connectivity index (χ3n) is 4.03. The van der Waals surface area contributed by atoms with Gasteiger partial charge in [-0.3, -0.25) is 4.90 Å². The fourth-order valence-corrected chi connectivity index (χ4v) is 2.71. The van der Waals surface area contributed by atoms with Crippen molar-refractivity contribution in [1.29, 1.82) is 0 Å². The highest BCUT2D eigenvalue weighted by Crippen LogP contribution is 2.37. The number of ether oxygens (including phenoxy) is 1. The van der Waals surface area contributed by atoms with Gasteiger partial charge in [0.1, 0.15) is 18.5 Å². The van der Waals surface area contributed by atoms with E-state index in [0.29, 0.717) is 19.7 Å². The zero-order valence-corrected chi connectivity index (χ0v) is 12.0. The van der Waals surface area contributed by atoms with E-state index in [1.807, 2.05) is 30.9 Å². The molecule has 1 aromatic rings. The average Bonchev–Trinajstić information content (AvgIpc) is 2.43. The van der Waals surface area contributed by atoms with Gasteiger partial charge < -0.3 is 20.1 Å². The van der Waals surface area contributed by atoms with Gasteiger partial charge in [-0.05, 0) is 25.0 Å². The predicted molar refractivity (Wildman–Crippen MR) is 75.9 cm³/mol. The molecule has 0 amide bonds. The van der Waals surface area contributed by atoms with Crippen molar-refractivity contribution in [3.63, 3.8) is 0 Å². The number of hydrogen-bond acceptors (Lipinski definition) is 5. The molecule has 5 nitrogen and oxygen atoms in total. The Balaban J connectivity index is 2.26. The van der Waals surface area contributed by atoms with Crippen molar-refractivity contribution in [1.82, 2.24) is 4.90 Å². The van der Waals surface area contributed by atoms with Gasteiger partial charge >= 0.3 is 0 Å². The van der Waals surface area contributed by atoms with Gasteiger partial charge in [-0.15, -0.1) is 0 Å². The second-order valence-electron chi connectivity index (χ2n) is 5.23. The monoisotopic (exact) mass is 281 g/mol. The number of aliphatic hydroxyl groups excluding tert-OH is 3. The summed E-state index contributed by atoms with van der Waals surface area (Å²) in [6, 6.07) is 3.62. The predicted octanol–water partition coefficient (Wildman–Crippen LogP) is 0.384. The molecular formula is C15H23NO4. The molecule has 3 N–H and O–H groups in total. The number of fused-ring (bicyclic) bond motifs is 1. The summed E-state index contributed by atoms with van der Waals surface area (Å²) in [7, 11) is 0. The molecule has 0 fully saturated rings. The van der Waals surface area contributed by atoms with Crippen LogP contribution in [0.5, 0.6) is 5.75 Å². The number of nitrogens with zero attached hydrogens (tertiary/aromatic N) is 1. The summed E-state index contributed by atoms with van der Waals surface area (Å²) in [6.45, 7) is 5.16. The molecule has 112 valence electrons. The van der Waals surface area contributed by atoms with E-state index in [0.717, 1.165) is 22.4 Å². The number of aliphatic hydroxyl groups is 3. The van der Waals surface area contributed by atoms with Gasteiger partial charge in [0.25, 0.3) is 0 Å². The number of rotatable bonds is 5. The number of benzene rings is 1. The Morgan fingerprint density at radius 3 is 2.45 bits per heavy atom. The summed E-state index contributed by atoms with van der Waals surface area (Å²) >= 11 is 0. The molecule has 1 aliphatic heterocycles. The van der Waals surface area contributed by atoms with Gasteiger partial charge in [0.2, 0.25) is 0 Å². The van der Waals surface area contributed by atoms with Crippen LogP contribution < -0.4 is 4.74 Å². The second-order valence-corrected chi connectivity index (χ2v) is 5.23. The van der Waals surface area contributed by atoms with Crippen LogP contribution >= 0.6 is 0 Å². The van der Waals surface area contributed by atoms with Crippen molar-refractivity contribution in [3.8, 4) is 5.75 Å². The van der Waals surface area contributed by atoms with Crippen LogP contribution in [0.4, 0.5) is 0 Å². The molecule has 0 spiro atoms. The lowest BCUT2D eigenvalue weighted by Crippen LogP contribution is -2.48. The Labute approximate surface area is 119 Å². The van der Waals surface area contributed by atoms with Crippen molar-refractivity contribution >= 4 is 0 Å². The van der Waals surface area contributed by atoms with Crippen molar-refractivity contribution < 1.29 is 20.1 Å². The van der Waals surface area contributed by atoms with Crippen LogP contribution in [-0.4, -0.2) is 59.2 Å². The third-order valence-corrected chi connectivity index (χ3v) is 4.03. The van der Waals surface area contributed by atoms with Gasteiger partial charge in [0, 0.05) is 18.7 Å². The summed E-state index contributed by atoms with van der Waals surface area (Å²) < 4.78 is 5.83. The second kappa shape index (κ2) is 6.54. The minimum absolute atomic E-state index is 0.0109. The fourth-order valence-electron chi connectivity index (χ4n) is 2.71. The molecule has 0 radical (unpaired) electrons. The van der Waals surface area contributed by atoms with E-state index in [9.17, 15) is 5.11 Å². The summed E-state index contributed by atoms with van der Waals surface area (Å²) in [5.41, 5.74) is 2.97. The minimum atomic E-state index is -0.670. The lowest BCUT2D eigenvalue weighted by Gasteiger charge is -2.38. The normalized spacial score (nSPS) is 21.7. The first kappa shape index (κ1) is 15.3. The molecule has 2 atom stereocenters. The Bertz CT molecular complexity index is 457. The van der Waals surface area contributed by atoms with Crippen LogP contribution in [0.3, 0.4) is 0 Å². The van der Waals surface area contributed by atoms with Gasteiger partial charge in [0.05, 0.1) is 19.3 Å². The summed E-state index contributed by atoms with van der Waals surface area (Å²) in [6.07, 6.45) is -0.670. The molecule has 0 saturated heterocycles. The van der Waals surface area contributed by atoms with E-state index in [-0.39, 0.29) is 19.3 Å². The topological polar surface area (TPSA) is 73.2 Å². The first-order valence-electron chi connectivity index (χ1n) is 6.97. The Kier molecular flexibility index (Phi) is 4.99.